The zero-order chi connectivity index (χ0) is 29.3. The molecule has 0 aromatic heterocycles. The molecule has 0 saturated carbocycles. The Hall–Kier alpha value is 0.890. The van der Waals surface area contributed by atoms with E-state index in [0.29, 0.717) is 46.0 Å². The molecule has 0 heterocycles. The van der Waals surface area contributed by atoms with Gasteiger partial charge in [0.1, 0.15) is 0 Å². The minimum atomic E-state index is -3.01. The Bertz CT molecular complexity index is 529. The molecular weight excluding hydrogens is 523 g/mol. The third kappa shape index (κ3) is 14.2. The third-order valence-corrected chi connectivity index (χ3v) is 16.9. The van der Waals surface area contributed by atoms with Gasteiger partial charge in [0, 0.05) is 10.5 Å². The SMILES string of the molecule is CCCCC(CC)C(OP(=O)(SC(C(C)C)C(CC)CCCC)SC(C(C)C)C(CC)CCCC)C(C)C. The molecule has 0 aromatic rings. The van der Waals surface area contributed by atoms with Crippen molar-refractivity contribution in [3.05, 3.63) is 0 Å². The average molecular weight is 593 g/mol. The minimum absolute atomic E-state index is 0.0597. The molecule has 5 heteroatoms. The maximum absolute atomic E-state index is 15.3. The molecule has 0 saturated heterocycles. The van der Waals surface area contributed by atoms with Gasteiger partial charge >= 0.3 is 5.77 Å². The van der Waals surface area contributed by atoms with E-state index in [-0.39, 0.29) is 6.10 Å². The van der Waals surface area contributed by atoms with Gasteiger partial charge in [0.15, 0.2) is 0 Å². The Morgan fingerprint density at radius 1 is 0.553 bits per heavy atom. The fourth-order valence-electron chi connectivity index (χ4n) is 5.98. The Morgan fingerprint density at radius 3 is 1.16 bits per heavy atom. The fourth-order valence-corrected chi connectivity index (χ4v) is 16.5. The van der Waals surface area contributed by atoms with Gasteiger partial charge in [0.05, 0.1) is 6.10 Å². The summed E-state index contributed by atoms with van der Waals surface area (Å²) in [5.74, 6) is -0.0144. The number of unbranched alkanes of at least 4 members (excludes halogenated alkanes) is 3. The van der Waals surface area contributed by atoms with Crippen molar-refractivity contribution >= 4 is 28.5 Å². The van der Waals surface area contributed by atoms with Crippen molar-refractivity contribution in [3.8, 4) is 0 Å². The Morgan fingerprint density at radius 2 is 0.895 bits per heavy atom. The first kappa shape index (κ1) is 38.9. The van der Waals surface area contributed by atoms with Gasteiger partial charge in [0.2, 0.25) is 0 Å². The molecule has 230 valence electrons. The number of hydrogen-bond acceptors (Lipinski definition) is 4. The van der Waals surface area contributed by atoms with Crippen molar-refractivity contribution in [1.82, 2.24) is 0 Å². The van der Waals surface area contributed by atoms with Crippen LogP contribution in [0.15, 0.2) is 0 Å². The molecule has 0 bridgehead atoms. The lowest BCUT2D eigenvalue weighted by Gasteiger charge is -2.39. The molecule has 0 radical (unpaired) electrons. The molecule has 0 spiro atoms. The van der Waals surface area contributed by atoms with E-state index in [4.69, 9.17) is 4.52 Å². The molecule has 0 aliphatic rings. The predicted molar refractivity (Wildman–Crippen MR) is 180 cm³/mol. The van der Waals surface area contributed by atoms with Gasteiger partial charge in [-0.2, -0.15) is 0 Å². The van der Waals surface area contributed by atoms with Crippen LogP contribution in [0, 0.1) is 35.5 Å². The van der Waals surface area contributed by atoms with Crippen LogP contribution in [0.5, 0.6) is 0 Å². The molecule has 0 aliphatic heterocycles. The summed E-state index contributed by atoms with van der Waals surface area (Å²) in [4.78, 5) is 0. The first-order chi connectivity index (χ1) is 17.9. The van der Waals surface area contributed by atoms with Crippen molar-refractivity contribution in [2.75, 3.05) is 0 Å². The van der Waals surface area contributed by atoms with Gasteiger partial charge in [-0.05, 0) is 54.8 Å². The third-order valence-electron chi connectivity index (χ3n) is 8.48. The van der Waals surface area contributed by atoms with Crippen LogP contribution >= 0.6 is 28.5 Å². The number of rotatable bonds is 24. The molecule has 0 rings (SSSR count). The van der Waals surface area contributed by atoms with Crippen LogP contribution in [-0.4, -0.2) is 16.6 Å². The van der Waals surface area contributed by atoms with E-state index in [9.17, 15) is 0 Å². The van der Waals surface area contributed by atoms with Crippen LogP contribution in [0.3, 0.4) is 0 Å². The highest BCUT2D eigenvalue weighted by Crippen LogP contribution is 2.76. The molecule has 2 nitrogen and oxygen atoms in total. The van der Waals surface area contributed by atoms with Crippen LogP contribution in [0.4, 0.5) is 0 Å². The first-order valence-electron chi connectivity index (χ1n) is 16.6. The topological polar surface area (TPSA) is 26.3 Å². The van der Waals surface area contributed by atoms with E-state index in [1.54, 1.807) is 22.8 Å². The molecule has 0 fully saturated rings. The van der Waals surface area contributed by atoms with Crippen LogP contribution in [0.1, 0.15) is 160 Å². The van der Waals surface area contributed by atoms with E-state index in [0.717, 1.165) is 19.3 Å². The quantitative estimate of drug-likeness (QED) is 0.104. The molecule has 0 N–H and O–H groups in total. The summed E-state index contributed by atoms with van der Waals surface area (Å²) in [5, 5.41) is 0.744. The van der Waals surface area contributed by atoms with E-state index in [2.05, 4.69) is 83.1 Å². The maximum Gasteiger partial charge on any atom is 0.314 e. The highest BCUT2D eigenvalue weighted by Gasteiger charge is 2.42. The standard InChI is InChI=1S/C33H69O2PS2/c1-13-19-22-28(16-4)31(25(7)8)35-36(34,37-32(26(9)10)29(17-5)23-20-14-2)38-33(27(11)12)30(18-6)24-21-15-3/h25-33H,13-24H2,1-12H3. The first-order valence-corrected chi connectivity index (χ1v) is 21.2. The van der Waals surface area contributed by atoms with Gasteiger partial charge in [-0.1, -0.05) is 164 Å². The van der Waals surface area contributed by atoms with Crippen LogP contribution in [0.25, 0.3) is 0 Å². The van der Waals surface area contributed by atoms with Crippen molar-refractivity contribution in [2.24, 2.45) is 35.5 Å². The highest BCUT2D eigenvalue weighted by molar-refractivity contribution is 8.89. The molecular formula is C33H69O2PS2. The molecule has 0 amide bonds. The summed E-state index contributed by atoms with van der Waals surface area (Å²) in [6.45, 7) is 27.7. The second-order valence-electron chi connectivity index (χ2n) is 12.8. The second kappa shape index (κ2) is 21.6. The van der Waals surface area contributed by atoms with Gasteiger partial charge < -0.3 is 4.52 Å². The van der Waals surface area contributed by atoms with E-state index in [1.807, 2.05) is 0 Å². The lowest BCUT2D eigenvalue weighted by Crippen LogP contribution is -2.30. The zero-order valence-electron chi connectivity index (χ0n) is 27.8. The Balaban J connectivity index is 6.51. The van der Waals surface area contributed by atoms with Crippen molar-refractivity contribution in [3.63, 3.8) is 0 Å². The smallest absolute Gasteiger partial charge is 0.310 e. The molecule has 38 heavy (non-hydrogen) atoms. The summed E-state index contributed by atoms with van der Waals surface area (Å²) in [5.41, 5.74) is 0. The predicted octanol–water partition coefficient (Wildman–Crippen LogP) is 13.3. The van der Waals surface area contributed by atoms with E-state index < -0.39 is 5.77 Å². The largest absolute Gasteiger partial charge is 0.314 e. The maximum atomic E-state index is 15.3. The fraction of sp³-hybridized carbons (Fsp3) is 1.00. The summed E-state index contributed by atoms with van der Waals surface area (Å²) in [6.07, 6.45) is 14.5. The summed E-state index contributed by atoms with van der Waals surface area (Å²) < 4.78 is 22.4. The molecule has 6 atom stereocenters. The van der Waals surface area contributed by atoms with E-state index >= 15 is 4.57 Å². The van der Waals surface area contributed by atoms with Crippen molar-refractivity contribution in [2.45, 2.75) is 177 Å². The number of hydrogen-bond donors (Lipinski definition) is 0. The van der Waals surface area contributed by atoms with Gasteiger partial charge in [-0.25, -0.2) is 0 Å². The average Bonchev–Trinajstić information content (AvgIpc) is 2.87. The minimum Gasteiger partial charge on any atom is -0.310 e. The van der Waals surface area contributed by atoms with Gasteiger partial charge in [-0.15, -0.1) is 0 Å². The summed E-state index contributed by atoms with van der Waals surface area (Å²) in [7, 11) is 0. The summed E-state index contributed by atoms with van der Waals surface area (Å²) >= 11 is 3.55. The Labute approximate surface area is 249 Å². The Kier molecular flexibility index (Phi) is 22.1. The van der Waals surface area contributed by atoms with E-state index in [1.165, 1.54) is 57.8 Å². The normalized spacial score (nSPS) is 18.9. The van der Waals surface area contributed by atoms with Crippen molar-refractivity contribution < 1.29 is 9.09 Å². The second-order valence-corrected chi connectivity index (χ2v) is 20.3. The van der Waals surface area contributed by atoms with Gasteiger partial charge in [0.25, 0.3) is 0 Å². The lowest BCUT2D eigenvalue weighted by molar-refractivity contribution is 0.0908. The zero-order valence-corrected chi connectivity index (χ0v) is 30.3. The van der Waals surface area contributed by atoms with Crippen LogP contribution in [-0.2, 0) is 9.09 Å². The monoisotopic (exact) mass is 592 g/mol. The van der Waals surface area contributed by atoms with Crippen molar-refractivity contribution in [1.29, 1.82) is 0 Å². The molecule has 0 aromatic carbocycles. The summed E-state index contributed by atoms with van der Waals surface area (Å²) in [6, 6.07) is 0. The van der Waals surface area contributed by atoms with Crippen LogP contribution < -0.4 is 0 Å². The van der Waals surface area contributed by atoms with Gasteiger partial charge in [-0.3, -0.25) is 4.57 Å². The van der Waals surface area contributed by atoms with Crippen LogP contribution in [0.2, 0.25) is 0 Å². The molecule has 6 unspecified atom stereocenters. The highest BCUT2D eigenvalue weighted by atomic mass is 33.1. The molecule has 0 aliphatic carbocycles. The lowest BCUT2D eigenvalue weighted by atomic mass is 9.87.